The zero-order valence-electron chi connectivity index (χ0n) is 19.1. The van der Waals surface area contributed by atoms with Crippen LogP contribution < -0.4 is 9.64 Å². The van der Waals surface area contributed by atoms with E-state index in [9.17, 15) is 14.7 Å². The number of aryl methyl sites for hydroxylation is 2. The molecule has 1 saturated heterocycles. The molecule has 1 N–H and O–H groups in total. The van der Waals surface area contributed by atoms with Gasteiger partial charge in [0.2, 0.25) is 0 Å². The third-order valence-electron chi connectivity index (χ3n) is 5.92. The van der Waals surface area contributed by atoms with Gasteiger partial charge < -0.3 is 9.84 Å². The number of thiazole rings is 1. The van der Waals surface area contributed by atoms with E-state index in [2.05, 4.69) is 9.97 Å². The van der Waals surface area contributed by atoms with Gasteiger partial charge in [-0.3, -0.25) is 19.5 Å². The maximum atomic E-state index is 13.4. The van der Waals surface area contributed by atoms with E-state index in [-0.39, 0.29) is 11.3 Å². The molecule has 3 heterocycles. The van der Waals surface area contributed by atoms with Crippen LogP contribution in [0.25, 0.3) is 16.0 Å². The highest BCUT2D eigenvalue weighted by molar-refractivity contribution is 7.22. The molecule has 2 aromatic heterocycles. The lowest BCUT2D eigenvalue weighted by molar-refractivity contribution is -0.132. The van der Waals surface area contributed by atoms with Gasteiger partial charge >= 0.3 is 5.91 Å². The molecule has 4 aromatic rings. The lowest BCUT2D eigenvalue weighted by Crippen LogP contribution is -2.29. The molecule has 0 aliphatic carbocycles. The zero-order chi connectivity index (χ0) is 24.9. The molecule has 9 heteroatoms. The molecule has 1 aliphatic rings. The van der Waals surface area contributed by atoms with Gasteiger partial charge in [0, 0.05) is 17.4 Å². The Balaban J connectivity index is 1.75. The van der Waals surface area contributed by atoms with E-state index in [0.29, 0.717) is 32.5 Å². The number of nitrogens with zero attached hydrogens (tertiary/aromatic N) is 3. The predicted octanol–water partition coefficient (Wildman–Crippen LogP) is 5.60. The van der Waals surface area contributed by atoms with Crippen molar-refractivity contribution >= 4 is 55.7 Å². The van der Waals surface area contributed by atoms with Crippen LogP contribution in [0.3, 0.4) is 0 Å². The summed E-state index contributed by atoms with van der Waals surface area (Å²) in [5.74, 6) is -1.53. The average Bonchev–Trinajstić information content (AvgIpc) is 3.37. The summed E-state index contributed by atoms with van der Waals surface area (Å²) in [7, 11) is 1.48. The van der Waals surface area contributed by atoms with E-state index in [1.165, 1.54) is 23.3 Å². The molecule has 1 aliphatic heterocycles. The number of fused-ring (bicyclic) bond motifs is 1. The number of aliphatic hydroxyl groups is 1. The Kier molecular flexibility index (Phi) is 5.78. The average molecular weight is 506 g/mol. The van der Waals surface area contributed by atoms with Crippen LogP contribution in [0.4, 0.5) is 5.13 Å². The standard InChI is InChI=1S/C26H20ClN3O4S/c1-13-6-7-19(34-3)16(9-13)23(31)21-22(15-5-4-8-28-12-15)30(25(33)24(21)32)26-29-18-11-17(27)14(2)10-20(18)35-26/h4-12,22,31H,1-3H3/b23-21+. The number of halogens is 1. The summed E-state index contributed by atoms with van der Waals surface area (Å²) in [5.41, 5.74) is 3.19. The number of pyridine rings is 1. The van der Waals surface area contributed by atoms with Gasteiger partial charge in [0.15, 0.2) is 5.13 Å². The second-order valence-electron chi connectivity index (χ2n) is 8.22. The summed E-state index contributed by atoms with van der Waals surface area (Å²) >= 11 is 7.55. The molecule has 1 fully saturated rings. The molecule has 1 unspecified atom stereocenters. The molecule has 2 aromatic carbocycles. The summed E-state index contributed by atoms with van der Waals surface area (Å²) in [5, 5.41) is 12.3. The van der Waals surface area contributed by atoms with E-state index in [1.54, 1.807) is 42.7 Å². The van der Waals surface area contributed by atoms with Gasteiger partial charge in [0.25, 0.3) is 5.78 Å². The summed E-state index contributed by atoms with van der Waals surface area (Å²) < 4.78 is 6.25. The third-order valence-corrected chi connectivity index (χ3v) is 7.34. The minimum absolute atomic E-state index is 0.0552. The van der Waals surface area contributed by atoms with Crippen molar-refractivity contribution in [3.05, 3.63) is 87.7 Å². The number of anilines is 1. The fourth-order valence-corrected chi connectivity index (χ4v) is 5.41. The van der Waals surface area contributed by atoms with Crippen molar-refractivity contribution in [2.24, 2.45) is 0 Å². The van der Waals surface area contributed by atoms with Gasteiger partial charge in [-0.05, 0) is 55.3 Å². The number of carbonyl (C=O) groups excluding carboxylic acids is 2. The highest BCUT2D eigenvalue weighted by atomic mass is 35.5. The first-order valence-corrected chi connectivity index (χ1v) is 11.9. The zero-order valence-corrected chi connectivity index (χ0v) is 20.6. The van der Waals surface area contributed by atoms with E-state index in [0.717, 1.165) is 15.8 Å². The van der Waals surface area contributed by atoms with Crippen LogP contribution in [0.2, 0.25) is 5.02 Å². The highest BCUT2D eigenvalue weighted by Crippen LogP contribution is 2.45. The SMILES string of the molecule is COc1ccc(C)cc1/C(O)=C1\C(=O)C(=O)N(c2nc3cc(Cl)c(C)cc3s2)C1c1cccnc1. The molecule has 176 valence electrons. The second kappa shape index (κ2) is 8.79. The van der Waals surface area contributed by atoms with Gasteiger partial charge in [-0.25, -0.2) is 4.98 Å². The number of amides is 1. The van der Waals surface area contributed by atoms with E-state index in [4.69, 9.17) is 16.3 Å². The number of ketones is 1. The van der Waals surface area contributed by atoms with Crippen LogP contribution in [0.15, 0.2) is 60.4 Å². The molecule has 7 nitrogen and oxygen atoms in total. The van der Waals surface area contributed by atoms with Crippen LogP contribution in [0, 0.1) is 13.8 Å². The number of aromatic nitrogens is 2. The Bertz CT molecular complexity index is 1490. The number of rotatable bonds is 4. The van der Waals surface area contributed by atoms with Crippen molar-refractivity contribution in [3.8, 4) is 5.75 Å². The molecular formula is C26H20ClN3O4S. The first-order chi connectivity index (χ1) is 16.8. The molecule has 0 spiro atoms. The highest BCUT2D eigenvalue weighted by Gasteiger charge is 2.48. The normalized spacial score (nSPS) is 17.4. The number of Topliss-reactive ketones (excluding diaryl/α,β-unsaturated/α-hetero) is 1. The topological polar surface area (TPSA) is 92.6 Å². The molecule has 35 heavy (non-hydrogen) atoms. The number of aliphatic hydroxyl groups excluding tert-OH is 1. The quantitative estimate of drug-likeness (QED) is 0.220. The molecule has 1 atom stereocenters. The maximum Gasteiger partial charge on any atom is 0.301 e. The largest absolute Gasteiger partial charge is 0.507 e. The van der Waals surface area contributed by atoms with Gasteiger partial charge in [-0.1, -0.05) is 40.6 Å². The lowest BCUT2D eigenvalue weighted by Gasteiger charge is -2.22. The monoisotopic (exact) mass is 505 g/mol. The van der Waals surface area contributed by atoms with Crippen molar-refractivity contribution in [1.29, 1.82) is 0 Å². The molecular weight excluding hydrogens is 486 g/mol. The van der Waals surface area contributed by atoms with Crippen molar-refractivity contribution in [1.82, 2.24) is 9.97 Å². The number of benzene rings is 2. The summed E-state index contributed by atoms with van der Waals surface area (Å²) in [4.78, 5) is 36.9. The van der Waals surface area contributed by atoms with Crippen molar-refractivity contribution < 1.29 is 19.4 Å². The van der Waals surface area contributed by atoms with Gasteiger partial charge in [0.1, 0.15) is 11.5 Å². The van der Waals surface area contributed by atoms with Crippen LogP contribution in [0.5, 0.6) is 5.75 Å². The van der Waals surface area contributed by atoms with E-state index < -0.39 is 17.7 Å². The summed E-state index contributed by atoms with van der Waals surface area (Å²) in [6, 6.07) is 11.4. The van der Waals surface area contributed by atoms with Crippen molar-refractivity contribution in [3.63, 3.8) is 0 Å². The van der Waals surface area contributed by atoms with Gasteiger partial charge in [-0.2, -0.15) is 0 Å². The minimum Gasteiger partial charge on any atom is -0.507 e. The Morgan fingerprint density at radius 1 is 1.17 bits per heavy atom. The number of methoxy groups -OCH3 is 1. The van der Waals surface area contributed by atoms with Crippen LogP contribution in [-0.2, 0) is 9.59 Å². The fraction of sp³-hybridized carbons (Fsp3) is 0.154. The molecule has 0 radical (unpaired) electrons. The smallest absolute Gasteiger partial charge is 0.301 e. The minimum atomic E-state index is -0.925. The summed E-state index contributed by atoms with van der Waals surface area (Å²) in [6.07, 6.45) is 3.17. The molecule has 0 bridgehead atoms. The fourth-order valence-electron chi connectivity index (χ4n) is 4.18. The molecule has 5 rings (SSSR count). The Morgan fingerprint density at radius 2 is 1.97 bits per heavy atom. The molecule has 0 saturated carbocycles. The second-order valence-corrected chi connectivity index (χ2v) is 9.64. The van der Waals surface area contributed by atoms with Crippen LogP contribution >= 0.6 is 22.9 Å². The van der Waals surface area contributed by atoms with Crippen molar-refractivity contribution in [2.45, 2.75) is 19.9 Å². The Morgan fingerprint density at radius 3 is 2.69 bits per heavy atom. The Labute approximate surface area is 210 Å². The van der Waals surface area contributed by atoms with Crippen LogP contribution in [-0.4, -0.2) is 33.9 Å². The van der Waals surface area contributed by atoms with Crippen LogP contribution in [0.1, 0.15) is 28.3 Å². The van der Waals surface area contributed by atoms with Crippen molar-refractivity contribution in [2.75, 3.05) is 12.0 Å². The first-order valence-electron chi connectivity index (χ1n) is 10.7. The van der Waals surface area contributed by atoms with E-state index >= 15 is 0 Å². The maximum absolute atomic E-state index is 13.4. The van der Waals surface area contributed by atoms with Gasteiger partial charge in [-0.15, -0.1) is 0 Å². The number of hydrogen-bond donors (Lipinski definition) is 1. The van der Waals surface area contributed by atoms with Gasteiger partial charge in [0.05, 0.1) is 34.5 Å². The number of hydrogen-bond acceptors (Lipinski definition) is 7. The van der Waals surface area contributed by atoms with E-state index in [1.807, 2.05) is 26.0 Å². The number of carbonyl (C=O) groups is 2. The predicted molar refractivity (Wildman–Crippen MR) is 136 cm³/mol. The third kappa shape index (κ3) is 3.84. The summed E-state index contributed by atoms with van der Waals surface area (Å²) in [6.45, 7) is 3.75. The lowest BCUT2D eigenvalue weighted by atomic mass is 9.95. The first kappa shape index (κ1) is 23.0. The number of ether oxygens (including phenoxy) is 1. The Hall–Kier alpha value is -3.75. The molecule has 1 amide bonds.